The summed E-state index contributed by atoms with van der Waals surface area (Å²) in [5, 5.41) is 22.3. The summed E-state index contributed by atoms with van der Waals surface area (Å²) in [7, 11) is 0. The van der Waals surface area contributed by atoms with E-state index in [1.165, 1.54) is 12.1 Å². The number of alkyl halides is 3. The van der Waals surface area contributed by atoms with E-state index in [0.29, 0.717) is 23.4 Å². The highest BCUT2D eigenvalue weighted by molar-refractivity contribution is 6.31. The van der Waals surface area contributed by atoms with Crippen LogP contribution in [0.3, 0.4) is 0 Å². The topological polar surface area (TPSA) is 87.2 Å². The number of aromatic nitrogens is 2. The quantitative estimate of drug-likeness (QED) is 0.556. The molecule has 2 saturated carbocycles. The maximum atomic E-state index is 12.5. The number of nitrogens with zero attached hydrogens (tertiary/aromatic N) is 1. The second-order valence-electron chi connectivity index (χ2n) is 8.13. The lowest BCUT2D eigenvalue weighted by molar-refractivity contribution is -0.274. The van der Waals surface area contributed by atoms with Crippen molar-refractivity contribution in [1.82, 2.24) is 15.5 Å². The fourth-order valence-electron chi connectivity index (χ4n) is 4.77. The Kier molecular flexibility index (Phi) is 4.46. The Hall–Kier alpha value is -2.78. The average Bonchev–Trinajstić information content (AvgIpc) is 3.04. The van der Waals surface area contributed by atoms with E-state index in [4.69, 9.17) is 11.6 Å². The lowest BCUT2D eigenvalue weighted by atomic mass is 9.86. The van der Waals surface area contributed by atoms with E-state index in [1.807, 2.05) is 0 Å². The van der Waals surface area contributed by atoms with Gasteiger partial charge in [-0.3, -0.25) is 9.89 Å². The molecule has 0 unspecified atom stereocenters. The summed E-state index contributed by atoms with van der Waals surface area (Å²) in [4.78, 5) is 12.5. The standard InChI is InChI=1S/C21H17ClF3N3O3/c22-11-5-16(15-9-26-28-17(15)6-11)20(30)7-13-14(8-20)18(13)27-19(29)10-2-1-3-12(4-10)31-21(23,24)25/h1-6,9,13-14,18,30H,7-8H2,(H,26,28)(H,27,29)/t13-,14+,18-,20+. The number of carbonyl (C=O) groups is 1. The number of hydrogen-bond acceptors (Lipinski definition) is 4. The van der Waals surface area contributed by atoms with Gasteiger partial charge in [0.25, 0.3) is 5.91 Å². The van der Waals surface area contributed by atoms with Gasteiger partial charge in [0.05, 0.1) is 17.3 Å². The molecule has 0 aliphatic heterocycles. The molecule has 1 aromatic heterocycles. The van der Waals surface area contributed by atoms with Crippen LogP contribution < -0.4 is 10.1 Å². The van der Waals surface area contributed by atoms with E-state index in [-0.39, 0.29) is 23.4 Å². The zero-order valence-corrected chi connectivity index (χ0v) is 16.7. The molecule has 162 valence electrons. The highest BCUT2D eigenvalue weighted by Gasteiger charge is 2.62. The number of H-pyrrole nitrogens is 1. The predicted molar refractivity (Wildman–Crippen MR) is 106 cm³/mol. The van der Waals surface area contributed by atoms with Gasteiger partial charge in [-0.2, -0.15) is 5.10 Å². The summed E-state index contributed by atoms with van der Waals surface area (Å²) in [5.74, 6) is -0.778. The third-order valence-corrected chi connectivity index (χ3v) is 6.35. The monoisotopic (exact) mass is 451 g/mol. The lowest BCUT2D eigenvalue weighted by Crippen LogP contribution is -2.33. The summed E-state index contributed by atoms with van der Waals surface area (Å²) in [6.07, 6.45) is -2.28. The molecular weight excluding hydrogens is 435 g/mol. The van der Waals surface area contributed by atoms with Crippen LogP contribution in [0.25, 0.3) is 10.9 Å². The van der Waals surface area contributed by atoms with Gasteiger partial charge < -0.3 is 15.2 Å². The van der Waals surface area contributed by atoms with E-state index in [0.717, 1.165) is 23.0 Å². The Morgan fingerprint density at radius 3 is 2.71 bits per heavy atom. The average molecular weight is 452 g/mol. The van der Waals surface area contributed by atoms with Crippen LogP contribution in [0.4, 0.5) is 13.2 Å². The van der Waals surface area contributed by atoms with Gasteiger partial charge in [0.15, 0.2) is 0 Å². The SMILES string of the molecule is O=C(N[C@@H]1[C@@H]2C[C@@](O)(c3cc(Cl)cc4[nH]ncc34)C[C@@H]21)c1cccc(OC(F)(F)F)c1. The first-order chi connectivity index (χ1) is 14.6. The van der Waals surface area contributed by atoms with Gasteiger partial charge in [-0.1, -0.05) is 17.7 Å². The summed E-state index contributed by atoms with van der Waals surface area (Å²) in [6.45, 7) is 0. The van der Waals surface area contributed by atoms with Crippen LogP contribution in [0.15, 0.2) is 42.6 Å². The van der Waals surface area contributed by atoms with Crippen molar-refractivity contribution in [1.29, 1.82) is 0 Å². The van der Waals surface area contributed by atoms with Crippen LogP contribution in [-0.2, 0) is 5.60 Å². The van der Waals surface area contributed by atoms with Crippen LogP contribution in [-0.4, -0.2) is 33.6 Å². The zero-order valence-electron chi connectivity index (χ0n) is 15.9. The molecule has 3 aromatic rings. The number of amides is 1. The van der Waals surface area contributed by atoms with Crippen molar-refractivity contribution in [2.24, 2.45) is 11.8 Å². The molecule has 0 bridgehead atoms. The number of aromatic amines is 1. The predicted octanol–water partition coefficient (Wildman–Crippen LogP) is 4.14. The molecule has 2 aliphatic rings. The van der Waals surface area contributed by atoms with Gasteiger partial charge in [-0.25, -0.2) is 0 Å². The van der Waals surface area contributed by atoms with E-state index < -0.39 is 23.6 Å². The maximum absolute atomic E-state index is 12.5. The molecule has 3 N–H and O–H groups in total. The normalized spacial score (nSPS) is 27.2. The summed E-state index contributed by atoms with van der Waals surface area (Å²) >= 11 is 6.19. The minimum absolute atomic E-state index is 0.0736. The summed E-state index contributed by atoms with van der Waals surface area (Å²) < 4.78 is 41.1. The van der Waals surface area contributed by atoms with Gasteiger partial charge in [0, 0.05) is 22.0 Å². The number of rotatable bonds is 4. The van der Waals surface area contributed by atoms with Gasteiger partial charge in [-0.05, 0) is 60.6 Å². The first kappa shape index (κ1) is 20.1. The molecule has 0 saturated heterocycles. The first-order valence-corrected chi connectivity index (χ1v) is 10.0. The number of aliphatic hydroxyl groups is 1. The summed E-state index contributed by atoms with van der Waals surface area (Å²) in [6, 6.07) is 8.29. The number of ether oxygens (including phenoxy) is 1. The Morgan fingerprint density at radius 2 is 2.00 bits per heavy atom. The molecule has 31 heavy (non-hydrogen) atoms. The molecule has 2 fully saturated rings. The Labute approximate surface area is 179 Å². The molecule has 6 nitrogen and oxygen atoms in total. The fraction of sp³-hybridized carbons (Fsp3) is 0.333. The molecule has 2 aliphatic carbocycles. The van der Waals surface area contributed by atoms with Crippen molar-refractivity contribution in [3.63, 3.8) is 0 Å². The summed E-state index contributed by atoms with van der Waals surface area (Å²) in [5.41, 5.74) is 0.446. The van der Waals surface area contributed by atoms with Gasteiger partial charge in [-0.15, -0.1) is 13.2 Å². The first-order valence-electron chi connectivity index (χ1n) is 9.65. The molecular formula is C21H17ClF3N3O3. The van der Waals surface area contributed by atoms with Crippen LogP contribution in [0, 0.1) is 11.8 Å². The third kappa shape index (κ3) is 3.72. The molecule has 0 radical (unpaired) electrons. The van der Waals surface area contributed by atoms with Crippen LogP contribution in [0.5, 0.6) is 5.75 Å². The van der Waals surface area contributed by atoms with Crippen molar-refractivity contribution in [3.05, 3.63) is 58.7 Å². The highest BCUT2D eigenvalue weighted by atomic mass is 35.5. The van der Waals surface area contributed by atoms with E-state index in [1.54, 1.807) is 18.3 Å². The number of carbonyl (C=O) groups excluding carboxylic acids is 1. The molecule has 0 spiro atoms. The van der Waals surface area contributed by atoms with E-state index >= 15 is 0 Å². The minimum atomic E-state index is -4.83. The lowest BCUT2D eigenvalue weighted by Gasteiger charge is -2.27. The van der Waals surface area contributed by atoms with Crippen LogP contribution in [0.1, 0.15) is 28.8 Å². The van der Waals surface area contributed by atoms with Gasteiger partial charge in [0.1, 0.15) is 5.75 Å². The van der Waals surface area contributed by atoms with Crippen molar-refractivity contribution in [2.45, 2.75) is 30.8 Å². The smallest absolute Gasteiger partial charge is 0.406 e. The van der Waals surface area contributed by atoms with Crippen molar-refractivity contribution in [2.75, 3.05) is 0 Å². The van der Waals surface area contributed by atoms with Crippen molar-refractivity contribution >= 4 is 28.4 Å². The molecule has 2 aromatic carbocycles. The molecule has 1 heterocycles. The van der Waals surface area contributed by atoms with Gasteiger partial charge >= 0.3 is 6.36 Å². The van der Waals surface area contributed by atoms with E-state index in [9.17, 15) is 23.1 Å². The molecule has 5 rings (SSSR count). The number of nitrogens with one attached hydrogen (secondary N) is 2. The van der Waals surface area contributed by atoms with Gasteiger partial charge in [0.2, 0.25) is 0 Å². The zero-order chi connectivity index (χ0) is 22.0. The fourth-order valence-corrected chi connectivity index (χ4v) is 4.99. The van der Waals surface area contributed by atoms with Crippen LogP contribution in [0.2, 0.25) is 5.02 Å². The van der Waals surface area contributed by atoms with Crippen LogP contribution >= 0.6 is 11.6 Å². The molecule has 4 atom stereocenters. The second-order valence-corrected chi connectivity index (χ2v) is 8.56. The number of benzene rings is 2. The number of fused-ring (bicyclic) bond motifs is 2. The maximum Gasteiger partial charge on any atom is 0.573 e. The third-order valence-electron chi connectivity index (χ3n) is 6.13. The second kappa shape index (κ2) is 6.86. The largest absolute Gasteiger partial charge is 0.573 e. The molecule has 1 amide bonds. The number of halogens is 4. The Bertz CT molecular complexity index is 1170. The Balaban J connectivity index is 1.27. The highest BCUT2D eigenvalue weighted by Crippen LogP contribution is 2.60. The van der Waals surface area contributed by atoms with Crippen molar-refractivity contribution < 1.29 is 27.8 Å². The molecule has 10 heteroatoms. The number of hydrogen-bond donors (Lipinski definition) is 3. The Morgan fingerprint density at radius 1 is 1.26 bits per heavy atom. The minimum Gasteiger partial charge on any atom is -0.406 e. The van der Waals surface area contributed by atoms with E-state index in [2.05, 4.69) is 20.3 Å². The van der Waals surface area contributed by atoms with Crippen molar-refractivity contribution in [3.8, 4) is 5.75 Å².